The van der Waals surface area contributed by atoms with Crippen molar-refractivity contribution in [3.8, 4) is 0 Å². The number of halogens is 1. The standard InChI is InChI=1S/C15H22BrNO/c1-2-14-4-3-10-17(14)11-9-15(18)12-5-7-13(16)8-6-12/h5-8,14-15,18H,2-4,9-11H2,1H3. The Morgan fingerprint density at radius 3 is 2.78 bits per heavy atom. The molecule has 0 aromatic heterocycles. The lowest BCUT2D eigenvalue weighted by atomic mass is 10.1. The van der Waals surface area contributed by atoms with Crippen molar-refractivity contribution in [1.82, 2.24) is 4.90 Å². The summed E-state index contributed by atoms with van der Waals surface area (Å²) in [6.45, 7) is 4.47. The molecule has 18 heavy (non-hydrogen) atoms. The number of likely N-dealkylation sites (tertiary alicyclic amines) is 1. The van der Waals surface area contributed by atoms with Crippen LogP contribution in [0.2, 0.25) is 0 Å². The fraction of sp³-hybridized carbons (Fsp3) is 0.600. The zero-order valence-corrected chi connectivity index (χ0v) is 12.6. The van der Waals surface area contributed by atoms with Crippen molar-refractivity contribution in [2.75, 3.05) is 13.1 Å². The van der Waals surface area contributed by atoms with Crippen LogP contribution in [0.3, 0.4) is 0 Å². The smallest absolute Gasteiger partial charge is 0.0802 e. The fourth-order valence-electron chi connectivity index (χ4n) is 2.79. The van der Waals surface area contributed by atoms with E-state index in [0.717, 1.165) is 29.0 Å². The number of benzene rings is 1. The molecule has 0 amide bonds. The van der Waals surface area contributed by atoms with Gasteiger partial charge in [-0.2, -0.15) is 0 Å². The molecular formula is C15H22BrNO. The lowest BCUT2D eigenvalue weighted by Crippen LogP contribution is -2.30. The second kappa shape index (κ2) is 6.69. The summed E-state index contributed by atoms with van der Waals surface area (Å²) in [5.41, 5.74) is 1.02. The van der Waals surface area contributed by atoms with Crippen LogP contribution in [0.15, 0.2) is 28.7 Å². The Balaban J connectivity index is 1.84. The minimum Gasteiger partial charge on any atom is -0.388 e. The number of rotatable bonds is 5. The second-order valence-corrected chi connectivity index (χ2v) is 6.01. The topological polar surface area (TPSA) is 23.5 Å². The maximum Gasteiger partial charge on any atom is 0.0802 e. The van der Waals surface area contributed by atoms with Gasteiger partial charge in [0.15, 0.2) is 0 Å². The van der Waals surface area contributed by atoms with Crippen molar-refractivity contribution < 1.29 is 5.11 Å². The Kier molecular flexibility index (Phi) is 5.22. The lowest BCUT2D eigenvalue weighted by Gasteiger charge is -2.24. The van der Waals surface area contributed by atoms with E-state index in [-0.39, 0.29) is 6.10 Å². The summed E-state index contributed by atoms with van der Waals surface area (Å²) in [6, 6.07) is 8.71. The first-order valence-electron chi connectivity index (χ1n) is 6.88. The Hall–Kier alpha value is -0.380. The molecule has 1 aromatic carbocycles. The van der Waals surface area contributed by atoms with Crippen molar-refractivity contribution in [2.24, 2.45) is 0 Å². The number of aliphatic hydroxyl groups excluding tert-OH is 1. The highest BCUT2D eigenvalue weighted by molar-refractivity contribution is 9.10. The minimum atomic E-state index is -0.337. The van der Waals surface area contributed by atoms with Crippen LogP contribution < -0.4 is 0 Å². The van der Waals surface area contributed by atoms with Gasteiger partial charge in [-0.25, -0.2) is 0 Å². The first kappa shape index (κ1) is 14.0. The number of aliphatic hydroxyl groups is 1. The van der Waals surface area contributed by atoms with E-state index in [1.807, 2.05) is 24.3 Å². The van der Waals surface area contributed by atoms with Gasteiger partial charge < -0.3 is 10.0 Å². The molecule has 2 unspecified atom stereocenters. The van der Waals surface area contributed by atoms with Crippen LogP contribution in [-0.4, -0.2) is 29.1 Å². The molecule has 0 saturated carbocycles. The summed E-state index contributed by atoms with van der Waals surface area (Å²) in [5.74, 6) is 0. The first-order valence-corrected chi connectivity index (χ1v) is 7.67. The van der Waals surface area contributed by atoms with Crippen molar-refractivity contribution in [2.45, 2.75) is 44.8 Å². The van der Waals surface area contributed by atoms with Gasteiger partial charge >= 0.3 is 0 Å². The zero-order chi connectivity index (χ0) is 13.0. The van der Waals surface area contributed by atoms with E-state index in [2.05, 4.69) is 27.8 Å². The molecule has 1 N–H and O–H groups in total. The molecule has 2 nitrogen and oxygen atoms in total. The third-order valence-electron chi connectivity index (χ3n) is 3.91. The largest absolute Gasteiger partial charge is 0.388 e. The molecule has 0 radical (unpaired) electrons. The predicted molar refractivity (Wildman–Crippen MR) is 78.6 cm³/mol. The molecule has 0 spiro atoms. The molecule has 1 aliphatic heterocycles. The van der Waals surface area contributed by atoms with Crippen molar-refractivity contribution in [3.63, 3.8) is 0 Å². The normalized spacial score (nSPS) is 22.3. The summed E-state index contributed by atoms with van der Waals surface area (Å²) >= 11 is 3.41. The average molecular weight is 312 g/mol. The molecule has 100 valence electrons. The van der Waals surface area contributed by atoms with Crippen molar-refractivity contribution >= 4 is 15.9 Å². The molecule has 1 aliphatic rings. The quantitative estimate of drug-likeness (QED) is 0.895. The third-order valence-corrected chi connectivity index (χ3v) is 4.44. The van der Waals surface area contributed by atoms with E-state index in [1.165, 1.54) is 25.8 Å². The Bertz CT molecular complexity index is 365. The molecule has 2 atom stereocenters. The zero-order valence-electron chi connectivity index (χ0n) is 11.0. The van der Waals surface area contributed by atoms with Gasteiger partial charge in [-0.3, -0.25) is 0 Å². The van der Waals surface area contributed by atoms with E-state index in [4.69, 9.17) is 0 Å². The highest BCUT2D eigenvalue weighted by Crippen LogP contribution is 2.24. The van der Waals surface area contributed by atoms with Crippen LogP contribution in [0.25, 0.3) is 0 Å². The van der Waals surface area contributed by atoms with Gasteiger partial charge in [0.25, 0.3) is 0 Å². The fourth-order valence-corrected chi connectivity index (χ4v) is 3.06. The molecule has 0 bridgehead atoms. The predicted octanol–water partition coefficient (Wildman–Crippen LogP) is 3.75. The number of hydrogen-bond donors (Lipinski definition) is 1. The van der Waals surface area contributed by atoms with Gasteiger partial charge in [0.05, 0.1) is 6.10 Å². The van der Waals surface area contributed by atoms with Gasteiger partial charge in [-0.15, -0.1) is 0 Å². The summed E-state index contributed by atoms with van der Waals surface area (Å²) in [7, 11) is 0. The molecule has 0 aliphatic carbocycles. The van der Waals surface area contributed by atoms with E-state index < -0.39 is 0 Å². The number of hydrogen-bond acceptors (Lipinski definition) is 2. The van der Waals surface area contributed by atoms with E-state index in [0.29, 0.717) is 0 Å². The summed E-state index contributed by atoms with van der Waals surface area (Å²) in [6.07, 6.45) is 4.36. The monoisotopic (exact) mass is 311 g/mol. The van der Waals surface area contributed by atoms with Crippen LogP contribution in [0, 0.1) is 0 Å². The third kappa shape index (κ3) is 3.56. The molecule has 2 rings (SSSR count). The molecule has 3 heteroatoms. The van der Waals surface area contributed by atoms with Gasteiger partial charge in [-0.05, 0) is 49.9 Å². The van der Waals surface area contributed by atoms with E-state index in [9.17, 15) is 5.11 Å². The van der Waals surface area contributed by atoms with Crippen molar-refractivity contribution in [3.05, 3.63) is 34.3 Å². The Morgan fingerprint density at radius 2 is 2.11 bits per heavy atom. The van der Waals surface area contributed by atoms with Crippen molar-refractivity contribution in [1.29, 1.82) is 0 Å². The summed E-state index contributed by atoms with van der Waals surface area (Å²) in [5, 5.41) is 10.2. The molecule has 1 saturated heterocycles. The highest BCUT2D eigenvalue weighted by Gasteiger charge is 2.23. The Morgan fingerprint density at radius 1 is 1.39 bits per heavy atom. The van der Waals surface area contributed by atoms with Gasteiger partial charge in [0.2, 0.25) is 0 Å². The van der Waals surface area contributed by atoms with Crippen LogP contribution in [0.5, 0.6) is 0 Å². The van der Waals surface area contributed by atoms with Crippen LogP contribution in [-0.2, 0) is 0 Å². The van der Waals surface area contributed by atoms with Crippen LogP contribution >= 0.6 is 15.9 Å². The Labute approximate surface area is 118 Å². The SMILES string of the molecule is CCC1CCCN1CCC(O)c1ccc(Br)cc1. The van der Waals surface area contributed by atoms with Gasteiger partial charge in [0.1, 0.15) is 0 Å². The lowest BCUT2D eigenvalue weighted by molar-refractivity contribution is 0.137. The molecular weight excluding hydrogens is 290 g/mol. The number of nitrogens with zero attached hydrogens (tertiary/aromatic N) is 1. The van der Waals surface area contributed by atoms with Gasteiger partial charge in [0, 0.05) is 17.1 Å². The van der Waals surface area contributed by atoms with Crippen LogP contribution in [0.4, 0.5) is 0 Å². The van der Waals surface area contributed by atoms with Gasteiger partial charge in [-0.1, -0.05) is 35.0 Å². The summed E-state index contributed by atoms with van der Waals surface area (Å²) < 4.78 is 1.06. The molecule has 1 aromatic rings. The maximum absolute atomic E-state index is 10.2. The summed E-state index contributed by atoms with van der Waals surface area (Å²) in [4.78, 5) is 2.53. The molecule has 1 heterocycles. The highest BCUT2D eigenvalue weighted by atomic mass is 79.9. The second-order valence-electron chi connectivity index (χ2n) is 5.10. The van der Waals surface area contributed by atoms with Crippen LogP contribution in [0.1, 0.15) is 44.3 Å². The van der Waals surface area contributed by atoms with E-state index >= 15 is 0 Å². The van der Waals surface area contributed by atoms with E-state index in [1.54, 1.807) is 0 Å². The minimum absolute atomic E-state index is 0.337. The maximum atomic E-state index is 10.2. The molecule has 1 fully saturated rings. The first-order chi connectivity index (χ1) is 8.70. The average Bonchev–Trinajstić information content (AvgIpc) is 2.84.